The Bertz CT molecular complexity index is 990. The van der Waals surface area contributed by atoms with Crippen molar-refractivity contribution in [3.05, 3.63) is 53.0 Å². The molecule has 0 radical (unpaired) electrons. The van der Waals surface area contributed by atoms with Gasteiger partial charge in [-0.25, -0.2) is 9.97 Å². The number of amides is 2. The van der Waals surface area contributed by atoms with Crippen LogP contribution < -0.4 is 4.90 Å². The zero-order chi connectivity index (χ0) is 23.4. The smallest absolute Gasteiger partial charge is 0.236 e. The quantitative estimate of drug-likeness (QED) is 0.649. The molecule has 1 aromatic heterocycles. The number of hydrogen-bond donors (Lipinski definition) is 0. The predicted molar refractivity (Wildman–Crippen MR) is 129 cm³/mol. The number of aryl methyl sites for hydroxylation is 1. The number of likely N-dealkylation sites (tertiary alicyclic amines) is 1. The molecule has 4 rings (SSSR count). The summed E-state index contributed by atoms with van der Waals surface area (Å²) in [5.74, 6) is 1.90. The van der Waals surface area contributed by atoms with Crippen molar-refractivity contribution in [1.29, 1.82) is 0 Å². The van der Waals surface area contributed by atoms with Gasteiger partial charge in [-0.2, -0.15) is 0 Å². The maximum atomic E-state index is 12.9. The molecule has 0 aliphatic carbocycles. The zero-order valence-corrected chi connectivity index (χ0v) is 20.1. The van der Waals surface area contributed by atoms with E-state index in [1.807, 2.05) is 47.1 Å². The summed E-state index contributed by atoms with van der Waals surface area (Å²) in [6.07, 6.45) is 3.08. The second-order valence-corrected chi connectivity index (χ2v) is 9.08. The lowest BCUT2D eigenvalue weighted by Gasteiger charge is -2.35. The van der Waals surface area contributed by atoms with Crippen LogP contribution in [0.3, 0.4) is 0 Å². The molecule has 2 aliphatic rings. The van der Waals surface area contributed by atoms with Crippen LogP contribution in [0.4, 0.5) is 5.82 Å². The number of benzene rings is 1. The van der Waals surface area contributed by atoms with Gasteiger partial charge in [-0.1, -0.05) is 44.2 Å². The molecule has 7 nitrogen and oxygen atoms in total. The first kappa shape index (κ1) is 23.4. The molecule has 7 heteroatoms. The number of rotatable bonds is 7. The van der Waals surface area contributed by atoms with Gasteiger partial charge in [0.05, 0.1) is 13.1 Å². The van der Waals surface area contributed by atoms with Gasteiger partial charge in [0.15, 0.2) is 0 Å². The SMILES string of the molecule is CCN(CC)CC(=O)N1CCC[C@H](c2nc(C)c3c(n2)N(Cc2ccccc2)C(=O)CC3)C1. The molecule has 3 heterocycles. The second-order valence-electron chi connectivity index (χ2n) is 9.08. The summed E-state index contributed by atoms with van der Waals surface area (Å²) < 4.78 is 0. The normalized spacial score (nSPS) is 18.5. The van der Waals surface area contributed by atoms with Crippen molar-refractivity contribution in [2.24, 2.45) is 0 Å². The van der Waals surface area contributed by atoms with Gasteiger partial charge in [0.25, 0.3) is 0 Å². The molecule has 176 valence electrons. The summed E-state index contributed by atoms with van der Waals surface area (Å²) in [5, 5.41) is 0. The van der Waals surface area contributed by atoms with E-state index in [0.29, 0.717) is 32.5 Å². The predicted octanol–water partition coefficient (Wildman–Crippen LogP) is 3.31. The van der Waals surface area contributed by atoms with Crippen LogP contribution in [0.5, 0.6) is 0 Å². The fourth-order valence-corrected chi connectivity index (χ4v) is 4.87. The van der Waals surface area contributed by atoms with Crippen LogP contribution in [-0.4, -0.2) is 64.3 Å². The molecule has 0 spiro atoms. The highest BCUT2D eigenvalue weighted by atomic mass is 16.2. The molecule has 33 heavy (non-hydrogen) atoms. The molecule has 2 amide bonds. The zero-order valence-electron chi connectivity index (χ0n) is 20.1. The van der Waals surface area contributed by atoms with Gasteiger partial charge in [-0.05, 0) is 44.8 Å². The Labute approximate surface area is 196 Å². The van der Waals surface area contributed by atoms with E-state index in [-0.39, 0.29) is 17.7 Å². The van der Waals surface area contributed by atoms with Gasteiger partial charge in [0.2, 0.25) is 11.8 Å². The summed E-state index contributed by atoms with van der Waals surface area (Å²) in [4.78, 5) is 41.5. The number of carbonyl (C=O) groups is 2. The number of piperidine rings is 1. The Morgan fingerprint density at radius 1 is 1.12 bits per heavy atom. The van der Waals surface area contributed by atoms with Gasteiger partial charge < -0.3 is 4.90 Å². The Balaban J connectivity index is 1.57. The minimum Gasteiger partial charge on any atom is -0.341 e. The van der Waals surface area contributed by atoms with E-state index in [4.69, 9.17) is 9.97 Å². The van der Waals surface area contributed by atoms with E-state index >= 15 is 0 Å². The number of aromatic nitrogens is 2. The molecule has 0 N–H and O–H groups in total. The van der Waals surface area contributed by atoms with Crippen LogP contribution in [0.1, 0.15) is 61.7 Å². The standard InChI is InChI=1S/C26H35N5O2/c1-4-29(5-2)18-24(33)30-15-9-12-21(17-30)25-27-19(3)22-13-14-23(32)31(26(22)28-25)16-20-10-7-6-8-11-20/h6-8,10-11,21H,4-5,9,12-18H2,1-3H3/t21-/m0/s1. The van der Waals surface area contributed by atoms with Crippen molar-refractivity contribution in [3.63, 3.8) is 0 Å². The first-order chi connectivity index (χ1) is 16.0. The molecular formula is C26H35N5O2. The van der Waals surface area contributed by atoms with E-state index in [1.165, 1.54) is 0 Å². The molecule has 1 fully saturated rings. The lowest BCUT2D eigenvalue weighted by atomic mass is 9.95. The molecule has 0 unspecified atom stereocenters. The van der Waals surface area contributed by atoms with Gasteiger partial charge in [-0.15, -0.1) is 0 Å². The summed E-state index contributed by atoms with van der Waals surface area (Å²) in [5.41, 5.74) is 3.11. The van der Waals surface area contributed by atoms with Crippen LogP contribution in [-0.2, 0) is 22.6 Å². The van der Waals surface area contributed by atoms with E-state index in [9.17, 15) is 9.59 Å². The maximum Gasteiger partial charge on any atom is 0.236 e. The van der Waals surface area contributed by atoms with E-state index in [1.54, 1.807) is 0 Å². The van der Waals surface area contributed by atoms with Crippen molar-refractivity contribution in [2.75, 3.05) is 37.6 Å². The molecular weight excluding hydrogens is 414 g/mol. The highest BCUT2D eigenvalue weighted by Crippen LogP contribution is 2.33. The lowest BCUT2D eigenvalue weighted by Crippen LogP contribution is -2.45. The summed E-state index contributed by atoms with van der Waals surface area (Å²) in [7, 11) is 0. The molecule has 1 aromatic carbocycles. The van der Waals surface area contributed by atoms with E-state index in [0.717, 1.165) is 60.9 Å². The average Bonchev–Trinajstić information content (AvgIpc) is 2.84. The maximum absolute atomic E-state index is 12.9. The minimum absolute atomic E-state index is 0.0963. The third-order valence-electron chi connectivity index (χ3n) is 6.93. The highest BCUT2D eigenvalue weighted by molar-refractivity contribution is 5.95. The highest BCUT2D eigenvalue weighted by Gasteiger charge is 2.32. The van der Waals surface area contributed by atoms with Crippen LogP contribution in [0.15, 0.2) is 30.3 Å². The number of nitrogens with zero attached hydrogens (tertiary/aromatic N) is 5. The van der Waals surface area contributed by atoms with Crippen molar-refractivity contribution in [3.8, 4) is 0 Å². The lowest BCUT2D eigenvalue weighted by molar-refractivity contribution is -0.133. The number of hydrogen-bond acceptors (Lipinski definition) is 5. The van der Waals surface area contributed by atoms with Gasteiger partial charge in [-0.3, -0.25) is 19.4 Å². The van der Waals surface area contributed by atoms with E-state index < -0.39 is 0 Å². The summed E-state index contributed by atoms with van der Waals surface area (Å²) >= 11 is 0. The van der Waals surface area contributed by atoms with Gasteiger partial charge in [0.1, 0.15) is 11.6 Å². The number of likely N-dealkylation sites (N-methyl/N-ethyl adjacent to an activating group) is 1. The fraction of sp³-hybridized carbons (Fsp3) is 0.538. The molecule has 0 saturated carbocycles. The minimum atomic E-state index is 0.0963. The fourth-order valence-electron chi connectivity index (χ4n) is 4.87. The van der Waals surface area contributed by atoms with Gasteiger partial charge in [0, 0.05) is 36.7 Å². The Morgan fingerprint density at radius 3 is 2.61 bits per heavy atom. The topological polar surface area (TPSA) is 69.6 Å². The molecule has 2 aliphatic heterocycles. The van der Waals surface area contributed by atoms with Crippen LogP contribution in [0, 0.1) is 6.92 Å². The largest absolute Gasteiger partial charge is 0.341 e. The molecule has 1 atom stereocenters. The van der Waals surface area contributed by atoms with Crippen molar-refractivity contribution >= 4 is 17.6 Å². The number of carbonyl (C=O) groups excluding carboxylic acids is 2. The Hall–Kier alpha value is -2.80. The van der Waals surface area contributed by atoms with Crippen LogP contribution >= 0.6 is 0 Å². The Morgan fingerprint density at radius 2 is 1.88 bits per heavy atom. The monoisotopic (exact) mass is 449 g/mol. The second kappa shape index (κ2) is 10.4. The first-order valence-electron chi connectivity index (χ1n) is 12.2. The summed E-state index contributed by atoms with van der Waals surface area (Å²) in [6.45, 7) is 10.3. The van der Waals surface area contributed by atoms with Gasteiger partial charge >= 0.3 is 0 Å². The molecule has 0 bridgehead atoms. The molecule has 1 saturated heterocycles. The van der Waals surface area contributed by atoms with Crippen molar-refractivity contribution < 1.29 is 9.59 Å². The summed E-state index contributed by atoms with van der Waals surface area (Å²) in [6, 6.07) is 10.0. The number of anilines is 1. The number of fused-ring (bicyclic) bond motifs is 1. The average molecular weight is 450 g/mol. The van der Waals surface area contributed by atoms with E-state index in [2.05, 4.69) is 18.7 Å². The van der Waals surface area contributed by atoms with Crippen molar-refractivity contribution in [2.45, 2.75) is 58.9 Å². The van der Waals surface area contributed by atoms with Crippen molar-refractivity contribution in [1.82, 2.24) is 19.8 Å². The Kier molecular flexibility index (Phi) is 7.38. The molecule has 2 aromatic rings. The third kappa shape index (κ3) is 5.24. The first-order valence-corrected chi connectivity index (χ1v) is 12.2. The van der Waals surface area contributed by atoms with Crippen LogP contribution in [0.25, 0.3) is 0 Å². The van der Waals surface area contributed by atoms with Crippen LogP contribution in [0.2, 0.25) is 0 Å². The third-order valence-corrected chi connectivity index (χ3v) is 6.93.